The Morgan fingerprint density at radius 2 is 2.04 bits per heavy atom. The van der Waals surface area contributed by atoms with Crippen molar-refractivity contribution >= 4 is 33.8 Å². The molecule has 1 atom stereocenters. The van der Waals surface area contributed by atoms with Crippen LogP contribution in [0, 0.1) is 10.1 Å². The van der Waals surface area contributed by atoms with Crippen LogP contribution in [0.3, 0.4) is 0 Å². The summed E-state index contributed by atoms with van der Waals surface area (Å²) in [6.07, 6.45) is 2.80. The number of aromatic nitrogens is 1. The number of non-ortho nitro benzene ring substituents is 1. The highest BCUT2D eigenvalue weighted by Gasteiger charge is 2.46. The Labute approximate surface area is 161 Å². The number of hydrogen-bond acceptors (Lipinski definition) is 8. The zero-order valence-electron chi connectivity index (χ0n) is 14.0. The number of aliphatic hydroxyl groups excluding tert-OH is 1. The minimum Gasteiger partial charge on any atom is -0.503 e. The molecule has 9 nitrogen and oxygen atoms in total. The molecule has 0 spiro atoms. The topological polar surface area (TPSA) is 127 Å². The number of nitrogens with zero attached hydrogens (tertiary/aromatic N) is 3. The highest BCUT2D eigenvalue weighted by atomic mass is 32.1. The molecule has 3 aromatic rings. The van der Waals surface area contributed by atoms with E-state index in [0.29, 0.717) is 5.56 Å². The zero-order chi connectivity index (χ0) is 19.8. The first kappa shape index (κ1) is 17.6. The number of anilines is 1. The van der Waals surface area contributed by atoms with Crippen LogP contribution in [0.4, 0.5) is 10.8 Å². The van der Waals surface area contributed by atoms with Gasteiger partial charge in [-0.3, -0.25) is 24.6 Å². The maximum atomic E-state index is 12.9. The van der Waals surface area contributed by atoms with Gasteiger partial charge in [0.1, 0.15) is 0 Å². The third kappa shape index (κ3) is 2.76. The molecule has 1 N–H and O–H groups in total. The van der Waals surface area contributed by atoms with Crippen molar-refractivity contribution in [2.75, 3.05) is 4.90 Å². The summed E-state index contributed by atoms with van der Waals surface area (Å²) in [7, 11) is 0. The van der Waals surface area contributed by atoms with Crippen LogP contribution >= 0.6 is 11.3 Å². The molecule has 0 saturated heterocycles. The van der Waals surface area contributed by atoms with E-state index in [2.05, 4.69) is 4.98 Å². The van der Waals surface area contributed by atoms with E-state index in [0.717, 1.165) is 11.3 Å². The lowest BCUT2D eigenvalue weighted by atomic mass is 9.95. The van der Waals surface area contributed by atoms with Crippen molar-refractivity contribution in [2.45, 2.75) is 6.04 Å². The molecular weight excluding hydrogens is 386 g/mol. The zero-order valence-corrected chi connectivity index (χ0v) is 14.8. The normalized spacial score (nSPS) is 16.6. The monoisotopic (exact) mass is 397 g/mol. The van der Waals surface area contributed by atoms with Crippen molar-refractivity contribution in [3.8, 4) is 0 Å². The number of carbonyl (C=O) groups is 2. The van der Waals surface area contributed by atoms with E-state index in [4.69, 9.17) is 4.42 Å². The van der Waals surface area contributed by atoms with Gasteiger partial charge in [0.05, 0.1) is 22.8 Å². The molecule has 0 saturated carbocycles. The summed E-state index contributed by atoms with van der Waals surface area (Å²) < 4.78 is 5.13. The molecule has 1 aliphatic rings. The second kappa shape index (κ2) is 6.74. The van der Waals surface area contributed by atoms with Crippen molar-refractivity contribution < 1.29 is 24.0 Å². The second-order valence-electron chi connectivity index (χ2n) is 5.81. The molecule has 1 amide bonds. The second-order valence-corrected chi connectivity index (χ2v) is 6.68. The number of furan rings is 1. The molecule has 0 radical (unpaired) electrons. The molecular formula is C18H11N3O6S. The summed E-state index contributed by atoms with van der Waals surface area (Å²) in [6, 6.07) is 7.34. The van der Waals surface area contributed by atoms with E-state index in [1.807, 2.05) is 0 Å². The molecule has 10 heteroatoms. The van der Waals surface area contributed by atoms with Crippen LogP contribution in [0.5, 0.6) is 0 Å². The largest absolute Gasteiger partial charge is 0.503 e. The molecule has 1 aliphatic heterocycles. The Balaban J connectivity index is 1.86. The predicted octanol–water partition coefficient (Wildman–Crippen LogP) is 3.43. The molecule has 3 heterocycles. The number of thiazole rings is 1. The predicted molar refractivity (Wildman–Crippen MR) is 98.1 cm³/mol. The molecule has 1 aromatic carbocycles. The Hall–Kier alpha value is -3.79. The Bertz CT molecular complexity index is 1090. The number of aliphatic hydroxyl groups is 1. The van der Waals surface area contributed by atoms with Crippen LogP contribution in [0.1, 0.15) is 22.2 Å². The lowest BCUT2D eigenvalue weighted by Crippen LogP contribution is -2.30. The minimum atomic E-state index is -1.00. The highest BCUT2D eigenvalue weighted by molar-refractivity contribution is 7.13. The molecule has 0 aliphatic carbocycles. The maximum absolute atomic E-state index is 12.9. The third-order valence-corrected chi connectivity index (χ3v) is 5.01. The van der Waals surface area contributed by atoms with Crippen LogP contribution in [-0.4, -0.2) is 26.7 Å². The molecule has 0 bridgehead atoms. The lowest BCUT2D eigenvalue weighted by Gasteiger charge is -2.24. The van der Waals surface area contributed by atoms with E-state index < -0.39 is 28.4 Å². The summed E-state index contributed by atoms with van der Waals surface area (Å²) in [5.74, 6) is -2.19. The Morgan fingerprint density at radius 1 is 1.29 bits per heavy atom. The van der Waals surface area contributed by atoms with Gasteiger partial charge >= 0.3 is 0 Å². The van der Waals surface area contributed by atoms with Gasteiger partial charge in [-0.2, -0.15) is 0 Å². The van der Waals surface area contributed by atoms with Crippen molar-refractivity contribution in [1.29, 1.82) is 0 Å². The highest BCUT2D eigenvalue weighted by Crippen LogP contribution is 2.42. The van der Waals surface area contributed by atoms with E-state index in [1.165, 1.54) is 53.8 Å². The van der Waals surface area contributed by atoms with E-state index >= 15 is 0 Å². The van der Waals surface area contributed by atoms with Crippen LogP contribution in [0.15, 0.2) is 70.0 Å². The number of amides is 1. The molecule has 0 unspecified atom stereocenters. The average molecular weight is 397 g/mol. The van der Waals surface area contributed by atoms with Crippen molar-refractivity contribution in [2.24, 2.45) is 0 Å². The summed E-state index contributed by atoms with van der Waals surface area (Å²) in [4.78, 5) is 41.3. The van der Waals surface area contributed by atoms with Gasteiger partial charge in [0.15, 0.2) is 16.7 Å². The van der Waals surface area contributed by atoms with Gasteiger partial charge in [-0.1, -0.05) is 0 Å². The van der Waals surface area contributed by atoms with E-state index in [1.54, 1.807) is 5.38 Å². The average Bonchev–Trinajstić information content (AvgIpc) is 3.43. The first-order valence-electron chi connectivity index (χ1n) is 7.97. The van der Waals surface area contributed by atoms with Crippen LogP contribution in [-0.2, 0) is 4.79 Å². The number of nitro benzene ring substituents is 1. The smallest absolute Gasteiger partial charge is 0.296 e. The quantitative estimate of drug-likeness (QED) is 0.397. The molecule has 28 heavy (non-hydrogen) atoms. The molecule has 140 valence electrons. The Kier molecular flexibility index (Phi) is 4.24. The molecule has 0 fully saturated rings. The van der Waals surface area contributed by atoms with Gasteiger partial charge in [0, 0.05) is 23.7 Å². The van der Waals surface area contributed by atoms with Crippen LogP contribution in [0.25, 0.3) is 0 Å². The Morgan fingerprint density at radius 3 is 2.61 bits per heavy atom. The number of carbonyl (C=O) groups excluding carboxylic acids is 2. The van der Waals surface area contributed by atoms with Gasteiger partial charge in [-0.25, -0.2) is 4.98 Å². The van der Waals surface area contributed by atoms with E-state index in [-0.39, 0.29) is 22.2 Å². The lowest BCUT2D eigenvalue weighted by molar-refractivity contribution is -0.384. The number of benzene rings is 1. The van der Waals surface area contributed by atoms with Crippen LogP contribution in [0.2, 0.25) is 0 Å². The standard InChI is InChI=1S/C18H11N3O6S/c22-15(12-2-1-8-27-12)13-14(10-3-5-11(6-4-10)21(25)26)20(17(24)16(13)23)18-19-7-9-28-18/h1-9,14,23H/t14-/m0/s1. The fourth-order valence-corrected chi connectivity index (χ4v) is 3.67. The van der Waals surface area contributed by atoms with Crippen molar-refractivity contribution in [3.05, 3.63) is 87.0 Å². The minimum absolute atomic E-state index is 0.0396. The number of hydrogen-bond donors (Lipinski definition) is 1. The molecule has 4 rings (SSSR count). The van der Waals surface area contributed by atoms with Gasteiger partial charge in [0.2, 0.25) is 5.78 Å². The van der Waals surface area contributed by atoms with Gasteiger partial charge < -0.3 is 9.52 Å². The summed E-state index contributed by atoms with van der Waals surface area (Å²) >= 11 is 1.16. The number of Topliss-reactive ketones (excluding diaryl/α,β-unsaturated/α-hetero) is 1. The van der Waals surface area contributed by atoms with Crippen molar-refractivity contribution in [3.63, 3.8) is 0 Å². The van der Waals surface area contributed by atoms with Crippen LogP contribution < -0.4 is 4.90 Å². The third-order valence-electron chi connectivity index (χ3n) is 4.24. The summed E-state index contributed by atoms with van der Waals surface area (Å²) in [6.45, 7) is 0. The number of nitro groups is 1. The summed E-state index contributed by atoms with van der Waals surface area (Å²) in [5.41, 5.74) is 0.0955. The van der Waals surface area contributed by atoms with Gasteiger partial charge in [-0.05, 0) is 29.8 Å². The first-order valence-corrected chi connectivity index (χ1v) is 8.85. The van der Waals surface area contributed by atoms with E-state index in [9.17, 15) is 24.8 Å². The SMILES string of the molecule is O=C(C1=C(O)C(=O)N(c2nccs2)[C@H]1c1ccc([N+](=O)[O-])cc1)c1ccco1. The van der Waals surface area contributed by atoms with Crippen molar-refractivity contribution in [1.82, 2.24) is 4.98 Å². The van der Waals surface area contributed by atoms with Gasteiger partial charge in [-0.15, -0.1) is 11.3 Å². The fourth-order valence-electron chi connectivity index (χ4n) is 3.00. The van der Waals surface area contributed by atoms with Gasteiger partial charge in [0.25, 0.3) is 11.6 Å². The maximum Gasteiger partial charge on any atom is 0.296 e. The summed E-state index contributed by atoms with van der Waals surface area (Å²) in [5, 5.41) is 23.3. The number of rotatable bonds is 5. The molecule has 2 aromatic heterocycles. The number of ketones is 1. The fraction of sp³-hybridized carbons (Fsp3) is 0.0556. The first-order chi connectivity index (χ1) is 13.5.